The summed E-state index contributed by atoms with van der Waals surface area (Å²) in [5.41, 5.74) is 6.39. The maximum atomic E-state index is 5.29. The number of fused-ring (bicyclic) bond motifs is 9. The number of hydrogen-bond donors (Lipinski definition) is 0. The van der Waals surface area contributed by atoms with Crippen molar-refractivity contribution >= 4 is 0 Å². The van der Waals surface area contributed by atoms with Gasteiger partial charge in [-0.15, -0.1) is 11.4 Å². The molecule has 0 amide bonds. The topological polar surface area (TPSA) is 63.8 Å². The molecule has 6 nitrogen and oxygen atoms in total. The van der Waals surface area contributed by atoms with Crippen LogP contribution in [0.1, 0.15) is 76.0 Å². The zero-order valence-corrected chi connectivity index (χ0v) is 27.0. The Labute approximate surface area is 261 Å². The third-order valence-corrected chi connectivity index (χ3v) is 8.70. The van der Waals surface area contributed by atoms with Crippen molar-refractivity contribution in [2.24, 2.45) is 0 Å². The van der Waals surface area contributed by atoms with Crippen molar-refractivity contribution in [1.29, 1.82) is 0 Å². The molecule has 4 aromatic heterocycles. The van der Waals surface area contributed by atoms with Crippen molar-refractivity contribution < 1.29 is 21.1 Å². The molecule has 0 unspecified atom stereocenters. The molecule has 0 atom stereocenters. The van der Waals surface area contributed by atoms with Crippen LogP contribution < -0.4 is 9.97 Å². The normalized spacial score (nSPS) is 16.2. The molecule has 0 N–H and O–H groups in total. The Morgan fingerprint density at radius 3 is 1.17 bits per heavy atom. The first-order valence-electron chi connectivity index (χ1n) is 14.2. The van der Waals surface area contributed by atoms with Gasteiger partial charge in [-0.25, -0.2) is 9.97 Å². The number of nitrogens with zero attached hydrogens (tertiary/aromatic N) is 6. The minimum atomic E-state index is -0.475. The van der Waals surface area contributed by atoms with Gasteiger partial charge in [0.15, 0.2) is 0 Å². The summed E-state index contributed by atoms with van der Waals surface area (Å²) in [6.45, 7) is 13.2. The number of imidazole rings is 2. The van der Waals surface area contributed by atoms with Crippen LogP contribution in [0, 0.1) is 0 Å². The van der Waals surface area contributed by atoms with E-state index < -0.39 is 10.8 Å². The molecule has 6 aromatic rings. The molecule has 0 fully saturated rings. The van der Waals surface area contributed by atoms with Crippen LogP contribution in [0.2, 0.25) is 0 Å². The Morgan fingerprint density at radius 2 is 0.810 bits per heavy atom. The van der Waals surface area contributed by atoms with Gasteiger partial charge in [-0.1, -0.05) is 102 Å². The Bertz CT molecular complexity index is 1730. The van der Waals surface area contributed by atoms with Crippen LogP contribution >= 0.6 is 0 Å². The first-order chi connectivity index (χ1) is 19.6. The number of para-hydroxylation sites is 2. The standard InChI is InChI=1S/C35H34N6.Pt/c1-33(2)27-17-19-29(38-27)34(3,4)31-36-25(21-40(31)23-13-9-7-10-14-23)26-22-41(24-15-11-8-12-16-24)32(37-26)35(5,6)30-20-18-28(33)39-30;/h7-22H,1-6H3;/q-2;+2. The predicted molar refractivity (Wildman–Crippen MR) is 162 cm³/mol. The average Bonchev–Trinajstić information content (AvgIpc) is 3.78. The summed E-state index contributed by atoms with van der Waals surface area (Å²) in [7, 11) is 0. The first-order valence-corrected chi connectivity index (χ1v) is 14.2. The van der Waals surface area contributed by atoms with E-state index in [4.69, 9.17) is 19.9 Å². The van der Waals surface area contributed by atoms with E-state index in [2.05, 4.69) is 136 Å². The molecule has 0 aliphatic carbocycles. The van der Waals surface area contributed by atoms with Crippen LogP contribution in [0.15, 0.2) is 97.3 Å². The molecular weight excluding hydrogens is 700 g/mol. The number of rotatable bonds is 2. The van der Waals surface area contributed by atoms with Crippen molar-refractivity contribution in [3.63, 3.8) is 0 Å². The molecule has 214 valence electrons. The van der Waals surface area contributed by atoms with Gasteiger partial charge < -0.3 is 19.1 Å². The van der Waals surface area contributed by atoms with Crippen LogP contribution in [0.3, 0.4) is 0 Å². The van der Waals surface area contributed by atoms with Gasteiger partial charge in [-0.05, 0) is 29.7 Å². The van der Waals surface area contributed by atoms with Crippen LogP contribution in [0.25, 0.3) is 22.8 Å². The molecule has 7 rings (SSSR count). The molecule has 1 aliphatic heterocycles. The Balaban J connectivity index is 0.00000316. The van der Waals surface area contributed by atoms with Gasteiger partial charge >= 0.3 is 21.1 Å². The second-order valence-corrected chi connectivity index (χ2v) is 12.6. The fourth-order valence-electron chi connectivity index (χ4n) is 5.94. The minimum Gasteiger partial charge on any atom is -0.663 e. The Kier molecular flexibility index (Phi) is 6.62. The van der Waals surface area contributed by atoms with E-state index in [0.717, 1.165) is 57.2 Å². The molecule has 2 aromatic carbocycles. The van der Waals surface area contributed by atoms with Crippen LogP contribution in [-0.2, 0) is 37.3 Å². The third-order valence-electron chi connectivity index (χ3n) is 8.70. The second kappa shape index (κ2) is 9.84. The van der Waals surface area contributed by atoms with Crippen molar-refractivity contribution in [2.45, 2.75) is 57.8 Å². The fraction of sp³-hybridized carbons (Fsp3) is 0.257. The fourth-order valence-corrected chi connectivity index (χ4v) is 5.94. The Morgan fingerprint density at radius 1 is 0.476 bits per heavy atom. The van der Waals surface area contributed by atoms with E-state index >= 15 is 0 Å². The maximum Gasteiger partial charge on any atom is 2.00 e. The smallest absolute Gasteiger partial charge is 0.663 e. The third kappa shape index (κ3) is 4.27. The van der Waals surface area contributed by atoms with Crippen molar-refractivity contribution in [1.82, 2.24) is 29.1 Å². The molecule has 42 heavy (non-hydrogen) atoms. The van der Waals surface area contributed by atoms with Crippen LogP contribution in [0.5, 0.6) is 0 Å². The van der Waals surface area contributed by atoms with E-state index in [0.29, 0.717) is 0 Å². The number of aromatic nitrogens is 6. The van der Waals surface area contributed by atoms with Crippen LogP contribution in [-0.4, -0.2) is 19.1 Å². The summed E-state index contributed by atoms with van der Waals surface area (Å²) in [5.74, 6) is 1.83. The van der Waals surface area contributed by atoms with Gasteiger partial charge in [0.25, 0.3) is 0 Å². The summed E-state index contributed by atoms with van der Waals surface area (Å²) >= 11 is 0. The summed E-state index contributed by atoms with van der Waals surface area (Å²) in [5, 5.41) is 0. The van der Waals surface area contributed by atoms with Crippen molar-refractivity contribution in [3.05, 3.63) is 132 Å². The summed E-state index contributed by atoms with van der Waals surface area (Å²) in [6.07, 6.45) is 4.22. The zero-order chi connectivity index (χ0) is 28.6. The number of benzene rings is 2. The van der Waals surface area contributed by atoms with Gasteiger partial charge in [0.2, 0.25) is 0 Å². The molecule has 0 saturated heterocycles. The second-order valence-electron chi connectivity index (χ2n) is 12.6. The van der Waals surface area contributed by atoms with Crippen molar-refractivity contribution in [2.75, 3.05) is 0 Å². The van der Waals surface area contributed by atoms with E-state index in [1.807, 2.05) is 12.1 Å². The van der Waals surface area contributed by atoms with Crippen LogP contribution in [0.4, 0.5) is 0 Å². The van der Waals surface area contributed by atoms with E-state index in [9.17, 15) is 0 Å². The average molecular weight is 734 g/mol. The summed E-state index contributed by atoms with van der Waals surface area (Å²) < 4.78 is 4.38. The monoisotopic (exact) mass is 733 g/mol. The summed E-state index contributed by atoms with van der Waals surface area (Å²) in [6, 6.07) is 29.4. The molecule has 5 heterocycles. The van der Waals surface area contributed by atoms with E-state index in [1.54, 1.807) is 0 Å². The molecular formula is C35H34N6Pt. The SMILES string of the molecule is CC1(C)c2ccc([n-]2)C(C)(C)c2nc(cn2-c2ccccc2)-c2cn(-c3ccccc3)c(n2)C(C)(C)c2ccc1[n-]2.[Pt+2]. The van der Waals surface area contributed by atoms with E-state index in [1.165, 1.54) is 0 Å². The molecule has 0 saturated carbocycles. The minimum absolute atomic E-state index is 0. The Hall–Kier alpha value is -3.89. The van der Waals surface area contributed by atoms with Gasteiger partial charge in [0, 0.05) is 34.6 Å². The quantitative estimate of drug-likeness (QED) is 0.194. The molecule has 0 spiro atoms. The van der Waals surface area contributed by atoms with Gasteiger partial charge in [-0.3, -0.25) is 0 Å². The molecule has 8 bridgehead atoms. The summed E-state index contributed by atoms with van der Waals surface area (Å²) in [4.78, 5) is 21.0. The first kappa shape index (κ1) is 28.2. The predicted octanol–water partition coefficient (Wildman–Crippen LogP) is 6.93. The van der Waals surface area contributed by atoms with E-state index in [-0.39, 0.29) is 26.5 Å². The maximum absolute atomic E-state index is 5.29. The van der Waals surface area contributed by atoms with Gasteiger partial charge in [0.05, 0.1) is 0 Å². The van der Waals surface area contributed by atoms with Gasteiger partial charge in [0.1, 0.15) is 23.0 Å². The molecule has 1 aliphatic rings. The zero-order valence-electron chi connectivity index (χ0n) is 24.7. The van der Waals surface area contributed by atoms with Crippen molar-refractivity contribution in [3.8, 4) is 22.8 Å². The number of hydrogen-bond acceptors (Lipinski definition) is 2. The van der Waals surface area contributed by atoms with Gasteiger partial charge in [-0.2, -0.15) is 11.4 Å². The largest absolute Gasteiger partial charge is 2.00 e. The molecule has 7 heteroatoms. The molecule has 0 radical (unpaired) electrons.